The van der Waals surface area contributed by atoms with Gasteiger partial charge in [-0.05, 0) is 49.2 Å². The maximum atomic E-state index is 13.4. The molecule has 0 bridgehead atoms. The second kappa shape index (κ2) is 13.6. The van der Waals surface area contributed by atoms with E-state index in [1.807, 2.05) is 0 Å². The van der Waals surface area contributed by atoms with Crippen molar-refractivity contribution in [2.24, 2.45) is 0 Å². The number of aliphatic hydroxyl groups is 8. The summed E-state index contributed by atoms with van der Waals surface area (Å²) >= 11 is 0. The van der Waals surface area contributed by atoms with E-state index in [-0.39, 0.29) is 11.1 Å². The Morgan fingerprint density at radius 3 is 1.25 bits per heavy atom. The fraction of sp³-hybridized carbons (Fsp3) is 0.571. The second-order valence-corrected chi connectivity index (χ2v) is 11.4. The van der Waals surface area contributed by atoms with Crippen LogP contribution in [-0.4, -0.2) is 127 Å². The highest BCUT2D eigenvalue weighted by molar-refractivity contribution is 5.70. The summed E-state index contributed by atoms with van der Waals surface area (Å²) in [7, 11) is 0. The first-order valence-electron chi connectivity index (χ1n) is 13.9. The van der Waals surface area contributed by atoms with Crippen molar-refractivity contribution in [2.75, 3.05) is 13.2 Å². The summed E-state index contributed by atoms with van der Waals surface area (Å²) in [5.74, 6) is -3.67. The van der Waals surface area contributed by atoms with E-state index in [9.17, 15) is 67.2 Å². The first-order chi connectivity index (χ1) is 22.1. The average molecular weight is 707 g/mol. The Bertz CT molecular complexity index is 1310. The molecular weight excluding hydrogens is 674 g/mol. The molecule has 2 aliphatic heterocycles. The molecule has 20 heteroatoms. The summed E-state index contributed by atoms with van der Waals surface area (Å²) in [6, 6.07) is 5.25. The lowest BCUT2D eigenvalue weighted by molar-refractivity contribution is -0.316. The van der Waals surface area contributed by atoms with E-state index in [1.165, 1.54) is 0 Å². The summed E-state index contributed by atoms with van der Waals surface area (Å²) in [6.45, 7) is 0.119. The van der Waals surface area contributed by atoms with Crippen LogP contribution >= 0.6 is 0 Å². The Morgan fingerprint density at radius 2 is 0.958 bits per heavy atom. The maximum absolute atomic E-state index is 13.4. The van der Waals surface area contributed by atoms with E-state index in [0.717, 1.165) is 38.1 Å². The fourth-order valence-electron chi connectivity index (χ4n) is 4.94. The molecule has 14 nitrogen and oxygen atoms in total. The maximum Gasteiger partial charge on any atom is 0.573 e. The first-order valence-corrected chi connectivity index (χ1v) is 13.9. The molecule has 8 N–H and O–H groups in total. The van der Waals surface area contributed by atoms with E-state index < -0.39 is 109 Å². The number of rotatable bonds is 9. The van der Waals surface area contributed by atoms with Crippen LogP contribution in [0, 0.1) is 0 Å². The Kier molecular flexibility index (Phi) is 10.7. The van der Waals surface area contributed by atoms with Gasteiger partial charge in [-0.25, -0.2) is 0 Å². The highest BCUT2D eigenvalue weighted by atomic mass is 19.4. The molecule has 0 aliphatic carbocycles. The van der Waals surface area contributed by atoms with Crippen LogP contribution in [0.25, 0.3) is 11.1 Å². The molecule has 2 aliphatic rings. The van der Waals surface area contributed by atoms with Gasteiger partial charge in [0, 0.05) is 0 Å². The quantitative estimate of drug-likeness (QED) is 0.165. The molecule has 0 radical (unpaired) electrons. The van der Waals surface area contributed by atoms with Gasteiger partial charge in [0.1, 0.15) is 36.6 Å². The van der Waals surface area contributed by atoms with Crippen LogP contribution in [0.3, 0.4) is 0 Å². The van der Waals surface area contributed by atoms with Gasteiger partial charge < -0.3 is 69.3 Å². The Hall–Kier alpha value is -3.18. The van der Waals surface area contributed by atoms with E-state index in [0.29, 0.717) is 12.1 Å². The zero-order valence-corrected chi connectivity index (χ0v) is 24.8. The summed E-state index contributed by atoms with van der Waals surface area (Å²) in [5, 5.41) is 80.8. The molecule has 4 rings (SSSR count). The van der Waals surface area contributed by atoms with Gasteiger partial charge in [-0.2, -0.15) is 0 Å². The van der Waals surface area contributed by atoms with Gasteiger partial charge in [0.2, 0.25) is 12.6 Å². The number of alkyl halides is 6. The highest BCUT2D eigenvalue weighted by Gasteiger charge is 2.54. The third-order valence-electron chi connectivity index (χ3n) is 7.66. The van der Waals surface area contributed by atoms with Crippen LogP contribution in [0.5, 0.6) is 23.0 Å². The number of hydrogen-bond acceptors (Lipinski definition) is 14. The summed E-state index contributed by atoms with van der Waals surface area (Å²) in [4.78, 5) is 0. The Morgan fingerprint density at radius 1 is 0.625 bits per heavy atom. The molecule has 270 valence electrons. The van der Waals surface area contributed by atoms with Crippen LogP contribution in [0.15, 0.2) is 36.4 Å². The van der Waals surface area contributed by atoms with Crippen LogP contribution in [0.4, 0.5) is 26.3 Å². The largest absolute Gasteiger partial charge is 0.573 e. The van der Waals surface area contributed by atoms with E-state index >= 15 is 0 Å². The lowest BCUT2D eigenvalue weighted by Crippen LogP contribution is -2.66. The number of aliphatic hydroxyl groups excluding tert-OH is 6. The van der Waals surface area contributed by atoms with Crippen molar-refractivity contribution >= 4 is 0 Å². The minimum absolute atomic E-state index is 0.222. The van der Waals surface area contributed by atoms with Crippen molar-refractivity contribution in [1.82, 2.24) is 0 Å². The van der Waals surface area contributed by atoms with Crippen molar-refractivity contribution < 1.29 is 95.6 Å². The number of ether oxygens (including phenoxy) is 6. The van der Waals surface area contributed by atoms with E-state index in [2.05, 4.69) is 9.47 Å². The minimum Gasteiger partial charge on any atom is -0.458 e. The van der Waals surface area contributed by atoms with Gasteiger partial charge in [0.15, 0.2) is 34.2 Å². The molecule has 48 heavy (non-hydrogen) atoms. The second-order valence-electron chi connectivity index (χ2n) is 11.4. The monoisotopic (exact) mass is 706 g/mol. The van der Waals surface area contributed by atoms with Gasteiger partial charge in [-0.3, -0.25) is 0 Å². The molecule has 2 heterocycles. The highest BCUT2D eigenvalue weighted by Crippen LogP contribution is 2.43. The fourth-order valence-corrected chi connectivity index (χ4v) is 4.94. The molecule has 2 saturated heterocycles. The first kappa shape index (κ1) is 37.6. The standard InChI is InChI=1S/C28H32F6O14/c1-25(41)21(39)19(37)17(9-35)45-23(25)43-13-5-3-11(7-15(13)47-27(29,30)31)12-4-6-14(16(8-12)48-28(32,33)34)44-24-26(2,42)22(40)20(38)18(10-36)46-24/h3-8,17-24,35-42H,9-10H2,1-2H3. The molecule has 2 fully saturated rings. The van der Waals surface area contributed by atoms with Crippen LogP contribution in [0.1, 0.15) is 13.8 Å². The summed E-state index contributed by atoms with van der Waals surface area (Å²) in [5.41, 5.74) is -5.31. The van der Waals surface area contributed by atoms with Crippen LogP contribution in [0.2, 0.25) is 0 Å². The van der Waals surface area contributed by atoms with Gasteiger partial charge >= 0.3 is 12.7 Å². The number of halogens is 6. The van der Waals surface area contributed by atoms with Gasteiger partial charge in [-0.1, -0.05) is 12.1 Å². The zero-order chi connectivity index (χ0) is 36.0. The Labute approximate surface area is 266 Å². The Balaban J connectivity index is 1.71. The van der Waals surface area contributed by atoms with Crippen molar-refractivity contribution in [3.05, 3.63) is 36.4 Å². The molecule has 0 aromatic heterocycles. The van der Waals surface area contributed by atoms with Gasteiger partial charge in [0.25, 0.3) is 0 Å². The minimum atomic E-state index is -5.35. The lowest BCUT2D eigenvalue weighted by Gasteiger charge is -2.45. The van der Waals surface area contributed by atoms with E-state index in [1.54, 1.807) is 0 Å². The zero-order valence-electron chi connectivity index (χ0n) is 24.8. The average Bonchev–Trinajstić information content (AvgIpc) is 2.98. The van der Waals surface area contributed by atoms with Crippen molar-refractivity contribution in [2.45, 2.75) is 87.0 Å². The smallest absolute Gasteiger partial charge is 0.458 e. The van der Waals surface area contributed by atoms with Crippen LogP contribution < -0.4 is 18.9 Å². The molecule has 2 aromatic rings. The lowest BCUT2D eigenvalue weighted by atomic mass is 9.88. The van der Waals surface area contributed by atoms with Crippen molar-refractivity contribution in [3.8, 4) is 34.1 Å². The topological polar surface area (TPSA) is 217 Å². The molecule has 0 amide bonds. The summed E-state index contributed by atoms with van der Waals surface area (Å²) < 4.78 is 110. The van der Waals surface area contributed by atoms with Crippen molar-refractivity contribution in [3.63, 3.8) is 0 Å². The molecule has 10 unspecified atom stereocenters. The molecule has 0 saturated carbocycles. The summed E-state index contributed by atoms with van der Waals surface area (Å²) in [6.07, 6.45) is -25.3. The number of benzene rings is 2. The van der Waals surface area contributed by atoms with Crippen molar-refractivity contribution in [1.29, 1.82) is 0 Å². The van der Waals surface area contributed by atoms with Gasteiger partial charge in [-0.15, -0.1) is 26.3 Å². The van der Waals surface area contributed by atoms with Crippen LogP contribution in [-0.2, 0) is 9.47 Å². The third-order valence-corrected chi connectivity index (χ3v) is 7.66. The molecular formula is C28H32F6O14. The van der Waals surface area contributed by atoms with E-state index in [4.69, 9.17) is 18.9 Å². The molecule has 2 aromatic carbocycles. The predicted molar refractivity (Wildman–Crippen MR) is 143 cm³/mol. The number of hydrogen-bond donors (Lipinski definition) is 8. The third kappa shape index (κ3) is 7.99. The predicted octanol–water partition coefficient (Wildman–Crippen LogP) is 0.288. The molecule has 10 atom stereocenters. The molecule has 0 spiro atoms. The SMILES string of the molecule is CC1(O)C(Oc2ccc(-c3ccc(OC4OC(CO)C(O)C(O)C4(C)O)c(OC(F)(F)F)c3)cc2OC(F)(F)F)OC(CO)C(O)C1O. The normalized spacial score (nSPS) is 34.4. The van der Waals surface area contributed by atoms with Gasteiger partial charge in [0.05, 0.1) is 13.2 Å².